The van der Waals surface area contributed by atoms with Gasteiger partial charge in [0.1, 0.15) is 6.04 Å². The van der Waals surface area contributed by atoms with E-state index < -0.39 is 12.0 Å². The van der Waals surface area contributed by atoms with Crippen molar-refractivity contribution in [1.29, 1.82) is 0 Å². The maximum atomic E-state index is 11.3. The van der Waals surface area contributed by atoms with Gasteiger partial charge in [-0.2, -0.15) is 0 Å². The number of aliphatic hydroxyl groups is 2. The van der Waals surface area contributed by atoms with Crippen LogP contribution in [-0.4, -0.2) is 71.6 Å². The Bertz CT molecular complexity index is 284. The van der Waals surface area contributed by atoms with E-state index >= 15 is 0 Å². The molecule has 0 aromatic heterocycles. The van der Waals surface area contributed by atoms with E-state index in [1.165, 1.54) is 38.5 Å². The van der Waals surface area contributed by atoms with Crippen molar-refractivity contribution in [2.24, 2.45) is 0 Å². The normalized spacial score (nSPS) is 12.7. The van der Waals surface area contributed by atoms with Crippen LogP contribution in [0.25, 0.3) is 0 Å². The predicted molar refractivity (Wildman–Crippen MR) is 97.3 cm³/mol. The quantitative estimate of drug-likeness (QED) is 0.283. The first-order chi connectivity index (χ1) is 11.7. The highest BCUT2D eigenvalue weighted by Gasteiger charge is 2.16. The largest absolute Gasteiger partial charge is 0.480 e. The lowest BCUT2D eigenvalue weighted by molar-refractivity contribution is -0.139. The summed E-state index contributed by atoms with van der Waals surface area (Å²) in [5, 5.41) is 30.3. The Balaban J connectivity index is 3.79. The Hall–Kier alpha value is -0.690. The summed E-state index contributed by atoms with van der Waals surface area (Å²) < 4.78 is 0. The summed E-state index contributed by atoms with van der Waals surface area (Å²) in [4.78, 5) is 13.2. The maximum absolute atomic E-state index is 11.3. The Labute approximate surface area is 147 Å². The Morgan fingerprint density at radius 2 is 1.46 bits per heavy atom. The van der Waals surface area contributed by atoms with Gasteiger partial charge in [-0.1, -0.05) is 58.3 Å². The number of carboxylic acid groups (broad SMARTS) is 1. The molecule has 0 heterocycles. The number of hydrogen-bond donors (Lipinski definition) is 4. The van der Waals surface area contributed by atoms with Gasteiger partial charge in [0.15, 0.2) is 0 Å². The van der Waals surface area contributed by atoms with Crippen molar-refractivity contribution in [3.63, 3.8) is 0 Å². The molecule has 0 bridgehead atoms. The van der Waals surface area contributed by atoms with Crippen molar-refractivity contribution < 1.29 is 20.1 Å². The summed E-state index contributed by atoms with van der Waals surface area (Å²) in [5.74, 6) is -0.797. The SMILES string of the molecule is CCCCCCCCCCC(NCCN(CCO)CCO)C(=O)O. The summed E-state index contributed by atoms with van der Waals surface area (Å²) in [6.07, 6.45) is 10.3. The number of aliphatic hydroxyl groups excluding tert-OH is 2. The number of nitrogens with one attached hydrogen (secondary N) is 1. The predicted octanol–water partition coefficient (Wildman–Crippen LogP) is 1.85. The van der Waals surface area contributed by atoms with Gasteiger partial charge in [0, 0.05) is 26.2 Å². The molecule has 0 radical (unpaired) electrons. The van der Waals surface area contributed by atoms with E-state index in [0.717, 1.165) is 12.8 Å². The van der Waals surface area contributed by atoms with Gasteiger partial charge in [-0.05, 0) is 6.42 Å². The lowest BCUT2D eigenvalue weighted by Gasteiger charge is -2.22. The number of carbonyl (C=O) groups is 1. The van der Waals surface area contributed by atoms with Gasteiger partial charge < -0.3 is 20.6 Å². The minimum absolute atomic E-state index is 0.0423. The molecule has 6 nitrogen and oxygen atoms in total. The lowest BCUT2D eigenvalue weighted by Crippen LogP contribution is -2.42. The number of carboxylic acids is 1. The zero-order chi connectivity index (χ0) is 18.0. The summed E-state index contributed by atoms with van der Waals surface area (Å²) in [7, 11) is 0. The minimum Gasteiger partial charge on any atom is -0.480 e. The summed E-state index contributed by atoms with van der Waals surface area (Å²) in [6.45, 7) is 4.47. The van der Waals surface area contributed by atoms with Gasteiger partial charge in [-0.3, -0.25) is 9.69 Å². The monoisotopic (exact) mass is 346 g/mol. The number of aliphatic carboxylic acids is 1. The second-order valence-electron chi connectivity index (χ2n) is 6.40. The molecule has 0 aliphatic rings. The van der Waals surface area contributed by atoms with E-state index in [4.69, 9.17) is 10.2 Å². The molecule has 1 atom stereocenters. The van der Waals surface area contributed by atoms with Crippen LogP contribution in [0.5, 0.6) is 0 Å². The van der Waals surface area contributed by atoms with Crippen LogP contribution in [0.4, 0.5) is 0 Å². The van der Waals surface area contributed by atoms with E-state index in [9.17, 15) is 9.90 Å². The molecule has 0 fully saturated rings. The van der Waals surface area contributed by atoms with Crippen LogP contribution in [0, 0.1) is 0 Å². The molecule has 6 heteroatoms. The molecular weight excluding hydrogens is 308 g/mol. The molecular formula is C18H38N2O4. The number of hydrogen-bond acceptors (Lipinski definition) is 5. The molecule has 0 saturated carbocycles. The fourth-order valence-electron chi connectivity index (χ4n) is 2.81. The number of unbranched alkanes of at least 4 members (excludes halogenated alkanes) is 7. The van der Waals surface area contributed by atoms with Gasteiger partial charge in [0.2, 0.25) is 0 Å². The topological polar surface area (TPSA) is 93.0 Å². The minimum atomic E-state index is -0.797. The fraction of sp³-hybridized carbons (Fsp3) is 0.944. The molecule has 0 aromatic carbocycles. The van der Waals surface area contributed by atoms with Crippen molar-refractivity contribution in [3.05, 3.63) is 0 Å². The van der Waals surface area contributed by atoms with Crippen molar-refractivity contribution >= 4 is 5.97 Å². The van der Waals surface area contributed by atoms with E-state index in [-0.39, 0.29) is 13.2 Å². The van der Waals surface area contributed by atoms with Crippen LogP contribution in [-0.2, 0) is 4.79 Å². The van der Waals surface area contributed by atoms with Crippen molar-refractivity contribution in [3.8, 4) is 0 Å². The van der Waals surface area contributed by atoms with Crippen LogP contribution >= 0.6 is 0 Å². The Morgan fingerprint density at radius 1 is 0.917 bits per heavy atom. The van der Waals surface area contributed by atoms with E-state index in [1.54, 1.807) is 0 Å². The van der Waals surface area contributed by atoms with Crippen molar-refractivity contribution in [2.45, 2.75) is 70.8 Å². The molecule has 24 heavy (non-hydrogen) atoms. The Morgan fingerprint density at radius 3 is 1.96 bits per heavy atom. The lowest BCUT2D eigenvalue weighted by atomic mass is 10.0. The molecule has 0 aliphatic carbocycles. The van der Waals surface area contributed by atoms with Crippen molar-refractivity contribution in [2.75, 3.05) is 39.4 Å². The maximum Gasteiger partial charge on any atom is 0.320 e. The molecule has 0 rings (SSSR count). The van der Waals surface area contributed by atoms with Gasteiger partial charge in [-0.25, -0.2) is 0 Å². The van der Waals surface area contributed by atoms with Gasteiger partial charge in [0.05, 0.1) is 13.2 Å². The summed E-state index contributed by atoms with van der Waals surface area (Å²) >= 11 is 0. The molecule has 1 unspecified atom stereocenters. The molecule has 0 amide bonds. The third-order valence-electron chi connectivity index (χ3n) is 4.30. The second-order valence-corrected chi connectivity index (χ2v) is 6.40. The van der Waals surface area contributed by atoms with Crippen LogP contribution in [0.2, 0.25) is 0 Å². The zero-order valence-electron chi connectivity index (χ0n) is 15.4. The first-order valence-electron chi connectivity index (χ1n) is 9.56. The van der Waals surface area contributed by atoms with Gasteiger partial charge in [0.25, 0.3) is 0 Å². The molecule has 0 spiro atoms. The van der Waals surface area contributed by atoms with Crippen molar-refractivity contribution in [1.82, 2.24) is 10.2 Å². The average Bonchev–Trinajstić information content (AvgIpc) is 2.55. The first-order valence-corrected chi connectivity index (χ1v) is 9.56. The van der Waals surface area contributed by atoms with Gasteiger partial charge >= 0.3 is 5.97 Å². The number of rotatable bonds is 18. The first kappa shape index (κ1) is 23.3. The van der Waals surface area contributed by atoms with Crippen LogP contribution in [0.1, 0.15) is 64.7 Å². The zero-order valence-corrected chi connectivity index (χ0v) is 15.4. The van der Waals surface area contributed by atoms with E-state index in [2.05, 4.69) is 12.2 Å². The van der Waals surface area contributed by atoms with E-state index in [0.29, 0.717) is 32.6 Å². The van der Waals surface area contributed by atoms with Gasteiger partial charge in [-0.15, -0.1) is 0 Å². The number of nitrogens with zero attached hydrogens (tertiary/aromatic N) is 1. The highest BCUT2D eigenvalue weighted by molar-refractivity contribution is 5.73. The smallest absolute Gasteiger partial charge is 0.320 e. The average molecular weight is 347 g/mol. The van der Waals surface area contributed by atoms with E-state index in [1.807, 2.05) is 4.90 Å². The molecule has 0 aromatic rings. The second kappa shape index (κ2) is 17.1. The third kappa shape index (κ3) is 13.7. The summed E-state index contributed by atoms with van der Waals surface area (Å²) in [5.41, 5.74) is 0. The van der Waals surface area contributed by atoms with Crippen LogP contribution < -0.4 is 5.32 Å². The van der Waals surface area contributed by atoms with Crippen LogP contribution in [0.3, 0.4) is 0 Å². The fourth-order valence-corrected chi connectivity index (χ4v) is 2.81. The molecule has 4 N–H and O–H groups in total. The van der Waals surface area contributed by atoms with Crippen LogP contribution in [0.15, 0.2) is 0 Å². The standard InChI is InChI=1S/C18H38N2O4/c1-2-3-4-5-6-7-8-9-10-17(18(23)24)19-11-12-20(13-15-21)14-16-22/h17,19,21-22H,2-16H2,1H3,(H,23,24). The molecule has 144 valence electrons. The Kier molecular flexibility index (Phi) is 16.7. The highest BCUT2D eigenvalue weighted by Crippen LogP contribution is 2.10. The molecule has 0 saturated heterocycles. The summed E-state index contributed by atoms with van der Waals surface area (Å²) in [6, 6.07) is -0.504. The third-order valence-corrected chi connectivity index (χ3v) is 4.30. The molecule has 0 aliphatic heterocycles. The highest BCUT2D eigenvalue weighted by atomic mass is 16.4.